The molecule has 0 spiro atoms. The van der Waals surface area contributed by atoms with Crippen molar-refractivity contribution in [3.63, 3.8) is 0 Å². The normalized spacial score (nSPS) is 10.9. The topological polar surface area (TPSA) is 82.2 Å². The lowest BCUT2D eigenvalue weighted by atomic mass is 10.2. The van der Waals surface area contributed by atoms with Crippen LogP contribution in [0, 0.1) is 25.5 Å². The Hall–Kier alpha value is -3.72. The van der Waals surface area contributed by atoms with E-state index in [9.17, 15) is 13.6 Å². The van der Waals surface area contributed by atoms with Crippen LogP contribution >= 0.6 is 11.6 Å². The monoisotopic (exact) mass is 472 g/mol. The number of aromatic nitrogens is 3. The Balaban J connectivity index is 1.47. The van der Waals surface area contributed by atoms with E-state index < -0.39 is 17.5 Å². The van der Waals surface area contributed by atoms with Gasteiger partial charge in [-0.2, -0.15) is 5.10 Å². The fourth-order valence-electron chi connectivity index (χ4n) is 3.17. The molecule has 4 aromatic rings. The Bertz CT molecular complexity index is 1320. The lowest BCUT2D eigenvalue weighted by Crippen LogP contribution is -2.16. The van der Waals surface area contributed by atoms with E-state index in [4.69, 9.17) is 20.9 Å². The summed E-state index contributed by atoms with van der Waals surface area (Å²) in [5.41, 5.74) is 1.92. The molecule has 1 amide bonds. The minimum absolute atomic E-state index is 0.0297. The first-order valence-corrected chi connectivity index (χ1v) is 10.3. The zero-order valence-electron chi connectivity index (χ0n) is 17.7. The van der Waals surface area contributed by atoms with Gasteiger partial charge in [0, 0.05) is 22.8 Å². The number of rotatable bonds is 7. The number of nitrogens with one attached hydrogen (secondary N) is 1. The summed E-state index contributed by atoms with van der Waals surface area (Å²) in [6, 6.07) is 11.5. The summed E-state index contributed by atoms with van der Waals surface area (Å²) in [4.78, 5) is 12.8. The molecule has 1 N–H and O–H groups in total. The van der Waals surface area contributed by atoms with E-state index >= 15 is 0 Å². The van der Waals surface area contributed by atoms with Gasteiger partial charge in [0.15, 0.2) is 11.5 Å². The van der Waals surface area contributed by atoms with Gasteiger partial charge in [-0.25, -0.2) is 8.78 Å². The van der Waals surface area contributed by atoms with Crippen LogP contribution in [0.4, 0.5) is 14.6 Å². The number of hydrogen-bond donors (Lipinski definition) is 1. The molecule has 2 aromatic carbocycles. The van der Waals surface area contributed by atoms with E-state index in [-0.39, 0.29) is 17.3 Å². The van der Waals surface area contributed by atoms with Crippen molar-refractivity contribution >= 4 is 23.3 Å². The summed E-state index contributed by atoms with van der Waals surface area (Å²) in [6.07, 6.45) is 0. The second-order valence-electron chi connectivity index (χ2n) is 7.33. The zero-order valence-corrected chi connectivity index (χ0v) is 18.5. The van der Waals surface area contributed by atoms with Crippen molar-refractivity contribution < 1.29 is 22.8 Å². The third-order valence-electron chi connectivity index (χ3n) is 4.94. The van der Waals surface area contributed by atoms with Crippen LogP contribution in [0.5, 0.6) is 5.75 Å². The Morgan fingerprint density at radius 2 is 1.94 bits per heavy atom. The Labute approximate surface area is 192 Å². The molecule has 0 radical (unpaired) electrons. The van der Waals surface area contributed by atoms with Gasteiger partial charge in [-0.05, 0) is 43.7 Å². The van der Waals surface area contributed by atoms with Crippen molar-refractivity contribution in [3.05, 3.63) is 93.5 Å². The molecule has 0 bridgehead atoms. The minimum atomic E-state index is -0.533. The van der Waals surface area contributed by atoms with Crippen molar-refractivity contribution in [3.8, 4) is 5.75 Å². The average Bonchev–Trinajstić information content (AvgIpc) is 3.30. The highest BCUT2D eigenvalue weighted by Crippen LogP contribution is 2.22. The highest BCUT2D eigenvalue weighted by atomic mass is 35.5. The van der Waals surface area contributed by atoms with E-state index in [0.29, 0.717) is 35.0 Å². The lowest BCUT2D eigenvalue weighted by molar-refractivity contribution is 0.101. The fourth-order valence-corrected chi connectivity index (χ4v) is 3.40. The van der Waals surface area contributed by atoms with Gasteiger partial charge < -0.3 is 14.6 Å². The van der Waals surface area contributed by atoms with Crippen LogP contribution in [0.1, 0.15) is 33.1 Å². The Morgan fingerprint density at radius 1 is 1.15 bits per heavy atom. The van der Waals surface area contributed by atoms with Gasteiger partial charge in [0.25, 0.3) is 5.91 Å². The van der Waals surface area contributed by atoms with E-state index in [1.165, 1.54) is 30.3 Å². The molecule has 7 nitrogen and oxygen atoms in total. The van der Waals surface area contributed by atoms with Gasteiger partial charge in [0.2, 0.25) is 0 Å². The molecule has 0 aliphatic heterocycles. The van der Waals surface area contributed by atoms with Gasteiger partial charge >= 0.3 is 0 Å². The Kier molecular flexibility index (Phi) is 6.41. The summed E-state index contributed by atoms with van der Waals surface area (Å²) in [6.45, 7) is 3.74. The van der Waals surface area contributed by atoms with E-state index in [0.717, 1.165) is 5.69 Å². The molecule has 2 aromatic heterocycles. The van der Waals surface area contributed by atoms with Crippen LogP contribution in [-0.2, 0) is 13.2 Å². The molecular formula is C23H19ClF2N4O3. The predicted molar refractivity (Wildman–Crippen MR) is 117 cm³/mol. The largest absolute Gasteiger partial charge is 0.489 e. The average molecular weight is 473 g/mol. The van der Waals surface area contributed by atoms with Gasteiger partial charge in [-0.15, -0.1) is 0 Å². The molecule has 10 heteroatoms. The van der Waals surface area contributed by atoms with Crippen molar-refractivity contribution in [1.29, 1.82) is 0 Å². The lowest BCUT2D eigenvalue weighted by Gasteiger charge is -2.07. The molecule has 4 rings (SSSR count). The van der Waals surface area contributed by atoms with Crippen LogP contribution in [0.15, 0.2) is 53.1 Å². The van der Waals surface area contributed by atoms with Gasteiger partial charge in [0.05, 0.1) is 12.1 Å². The molecule has 0 saturated heterocycles. The summed E-state index contributed by atoms with van der Waals surface area (Å²) >= 11 is 6.10. The van der Waals surface area contributed by atoms with Gasteiger partial charge in [-0.3, -0.25) is 9.48 Å². The quantitative estimate of drug-likeness (QED) is 0.394. The van der Waals surface area contributed by atoms with Gasteiger partial charge in [-0.1, -0.05) is 28.9 Å². The second-order valence-corrected chi connectivity index (χ2v) is 7.74. The van der Waals surface area contributed by atoms with Crippen LogP contribution in [-0.4, -0.2) is 20.8 Å². The summed E-state index contributed by atoms with van der Waals surface area (Å²) in [5.74, 6) is -0.364. The summed E-state index contributed by atoms with van der Waals surface area (Å²) < 4.78 is 39.0. The van der Waals surface area contributed by atoms with Crippen molar-refractivity contribution in [1.82, 2.24) is 14.9 Å². The number of benzene rings is 2. The van der Waals surface area contributed by atoms with Crippen LogP contribution in [0.25, 0.3) is 0 Å². The molecule has 0 unspecified atom stereocenters. The molecule has 0 aliphatic carbocycles. The molecular weight excluding hydrogens is 454 g/mol. The highest BCUT2D eigenvalue weighted by Gasteiger charge is 2.22. The van der Waals surface area contributed by atoms with E-state index in [1.807, 2.05) is 6.92 Å². The number of anilines is 1. The SMILES string of the molecule is Cc1onc(C(=O)Nc2cc(C)n(Cc3ccc(F)cc3Cl)n2)c1COc1cccc(F)c1. The second kappa shape index (κ2) is 9.41. The molecule has 0 aliphatic rings. The maximum absolute atomic E-state index is 13.4. The molecule has 2 heterocycles. The molecule has 0 atom stereocenters. The molecule has 0 saturated carbocycles. The smallest absolute Gasteiger partial charge is 0.279 e. The number of hydrogen-bond acceptors (Lipinski definition) is 5. The fraction of sp³-hybridized carbons (Fsp3) is 0.174. The first-order valence-electron chi connectivity index (χ1n) is 9.93. The summed E-state index contributed by atoms with van der Waals surface area (Å²) in [5, 5.41) is 11.2. The van der Waals surface area contributed by atoms with Crippen LogP contribution < -0.4 is 10.1 Å². The van der Waals surface area contributed by atoms with Crippen molar-refractivity contribution in [2.24, 2.45) is 0 Å². The first kappa shape index (κ1) is 22.5. The number of carbonyl (C=O) groups is 1. The maximum atomic E-state index is 13.4. The molecule has 33 heavy (non-hydrogen) atoms. The number of halogens is 3. The maximum Gasteiger partial charge on any atom is 0.279 e. The highest BCUT2D eigenvalue weighted by molar-refractivity contribution is 6.31. The predicted octanol–water partition coefficient (Wildman–Crippen LogP) is 5.30. The number of nitrogens with zero attached hydrogens (tertiary/aromatic N) is 3. The standard InChI is InChI=1S/C23H19ClF2N4O3/c1-13-8-21(28-30(13)11-15-6-7-17(26)10-20(15)24)27-23(31)22-19(14(2)33-29-22)12-32-18-5-3-4-16(25)9-18/h3-10H,11-12H2,1-2H3,(H,27,28,31). The van der Waals surface area contributed by atoms with E-state index in [1.54, 1.807) is 29.8 Å². The van der Waals surface area contributed by atoms with Crippen LogP contribution in [0.3, 0.4) is 0 Å². The van der Waals surface area contributed by atoms with Crippen LogP contribution in [0.2, 0.25) is 5.02 Å². The number of ether oxygens (including phenoxy) is 1. The zero-order chi connectivity index (χ0) is 23.5. The molecule has 0 fully saturated rings. The third kappa shape index (κ3) is 5.20. The summed E-state index contributed by atoms with van der Waals surface area (Å²) in [7, 11) is 0. The number of carbonyl (C=O) groups excluding carboxylic acids is 1. The number of aryl methyl sites for hydroxylation is 2. The van der Waals surface area contributed by atoms with Gasteiger partial charge in [0.1, 0.15) is 29.8 Å². The third-order valence-corrected chi connectivity index (χ3v) is 5.29. The van der Waals surface area contributed by atoms with Crippen molar-refractivity contribution in [2.75, 3.05) is 5.32 Å². The van der Waals surface area contributed by atoms with E-state index in [2.05, 4.69) is 15.6 Å². The minimum Gasteiger partial charge on any atom is -0.489 e. The molecule has 170 valence electrons. The number of amides is 1. The van der Waals surface area contributed by atoms with Crippen molar-refractivity contribution in [2.45, 2.75) is 27.0 Å². The Morgan fingerprint density at radius 3 is 2.70 bits per heavy atom. The first-order chi connectivity index (χ1) is 15.8.